The van der Waals surface area contributed by atoms with Crippen molar-refractivity contribution in [3.63, 3.8) is 0 Å². The number of hydrogen-bond donors (Lipinski definition) is 3. The Morgan fingerprint density at radius 2 is 1.72 bits per heavy atom. The summed E-state index contributed by atoms with van der Waals surface area (Å²) in [5.74, 6) is -2.20. The second-order valence-corrected chi connectivity index (χ2v) is 5.48. The van der Waals surface area contributed by atoms with Gasteiger partial charge in [-0.3, -0.25) is 14.4 Å². The van der Waals surface area contributed by atoms with Crippen LogP contribution in [0.15, 0.2) is 24.3 Å². The maximum Gasteiger partial charge on any atom is 0.328 e. The number of halogens is 1. The van der Waals surface area contributed by atoms with Crippen LogP contribution in [0.1, 0.15) is 24.2 Å². The molecule has 3 N–H and O–H groups in total. The third-order valence-corrected chi connectivity index (χ3v) is 3.23. The zero-order chi connectivity index (χ0) is 18.8. The summed E-state index contributed by atoms with van der Waals surface area (Å²) in [6, 6.07) is 5.20. The minimum absolute atomic E-state index is 0.201. The maximum atomic E-state index is 12.0. The molecule has 0 fully saturated rings. The molecule has 1 atom stereocenters. The van der Waals surface area contributed by atoms with Crippen LogP contribution >= 0.6 is 11.6 Å². The Morgan fingerprint density at radius 1 is 1.08 bits per heavy atom. The number of hydrogen-bond acceptors (Lipinski definition) is 5. The van der Waals surface area contributed by atoms with Gasteiger partial charge in [0.05, 0.1) is 6.54 Å². The van der Waals surface area contributed by atoms with E-state index in [9.17, 15) is 19.2 Å². The second-order valence-electron chi connectivity index (χ2n) is 5.04. The third kappa shape index (κ3) is 7.67. The van der Waals surface area contributed by atoms with Crippen LogP contribution in [0, 0.1) is 0 Å². The molecule has 1 aromatic carbocycles. The topological polar surface area (TPSA) is 114 Å². The van der Waals surface area contributed by atoms with Gasteiger partial charge in [0.1, 0.15) is 6.04 Å². The van der Waals surface area contributed by atoms with Gasteiger partial charge in [0.2, 0.25) is 5.91 Å². The van der Waals surface area contributed by atoms with Gasteiger partial charge in [-0.05, 0) is 38.1 Å². The fourth-order valence-corrected chi connectivity index (χ4v) is 1.82. The number of carbonyl (C=O) groups excluding carboxylic acids is 4. The molecule has 136 valence electrons. The van der Waals surface area contributed by atoms with E-state index in [-0.39, 0.29) is 12.5 Å². The van der Waals surface area contributed by atoms with Gasteiger partial charge in [-0.25, -0.2) is 4.79 Å². The quantitative estimate of drug-likeness (QED) is 0.568. The van der Waals surface area contributed by atoms with E-state index >= 15 is 0 Å². The first-order chi connectivity index (χ1) is 11.8. The average Bonchev–Trinajstić information content (AvgIpc) is 2.58. The summed E-state index contributed by atoms with van der Waals surface area (Å²) in [5, 5.41) is 7.76. The zero-order valence-corrected chi connectivity index (χ0v) is 14.7. The van der Waals surface area contributed by atoms with E-state index in [4.69, 9.17) is 16.3 Å². The van der Waals surface area contributed by atoms with Crippen LogP contribution in [0.5, 0.6) is 0 Å². The maximum absolute atomic E-state index is 12.0. The molecule has 0 saturated heterocycles. The monoisotopic (exact) mass is 369 g/mol. The summed E-state index contributed by atoms with van der Waals surface area (Å²) in [5.41, 5.74) is 0.337. The molecule has 0 bridgehead atoms. The first-order valence-electron chi connectivity index (χ1n) is 7.60. The summed E-state index contributed by atoms with van der Waals surface area (Å²) in [6.07, 6.45) is 0. The Hall–Kier alpha value is -2.61. The van der Waals surface area contributed by atoms with Crippen LogP contribution < -0.4 is 16.0 Å². The highest BCUT2D eigenvalue weighted by Gasteiger charge is 2.19. The van der Waals surface area contributed by atoms with E-state index in [0.717, 1.165) is 0 Å². The van der Waals surface area contributed by atoms with E-state index in [1.807, 2.05) is 0 Å². The van der Waals surface area contributed by atoms with Crippen LogP contribution in [0.25, 0.3) is 0 Å². The normalized spacial score (nSPS) is 11.2. The molecule has 0 heterocycles. The Labute approximate surface area is 150 Å². The van der Waals surface area contributed by atoms with Crippen LogP contribution in [0.2, 0.25) is 5.02 Å². The van der Waals surface area contributed by atoms with Gasteiger partial charge in [0.25, 0.3) is 11.8 Å². The minimum Gasteiger partial charge on any atom is -0.454 e. The van der Waals surface area contributed by atoms with Crippen molar-refractivity contribution in [3.05, 3.63) is 34.9 Å². The van der Waals surface area contributed by atoms with Crippen molar-refractivity contribution in [2.45, 2.75) is 19.9 Å². The van der Waals surface area contributed by atoms with E-state index in [1.165, 1.54) is 19.1 Å². The molecule has 8 nitrogen and oxygen atoms in total. The van der Waals surface area contributed by atoms with Crippen molar-refractivity contribution in [1.29, 1.82) is 0 Å². The summed E-state index contributed by atoms with van der Waals surface area (Å²) in [7, 11) is 0. The minimum atomic E-state index is -0.945. The molecule has 0 aliphatic heterocycles. The molecule has 0 aliphatic carbocycles. The Bertz CT molecular complexity index is 633. The molecule has 0 spiro atoms. The zero-order valence-electron chi connectivity index (χ0n) is 13.9. The number of carbonyl (C=O) groups is 4. The molecule has 1 rings (SSSR count). The molecule has 1 aromatic rings. The van der Waals surface area contributed by atoms with E-state index in [1.54, 1.807) is 19.1 Å². The number of benzene rings is 1. The molecule has 25 heavy (non-hydrogen) atoms. The fraction of sp³-hybridized carbons (Fsp3) is 0.375. The molecule has 0 radical (unpaired) electrons. The van der Waals surface area contributed by atoms with Crippen molar-refractivity contribution in [2.24, 2.45) is 0 Å². The number of ether oxygens (including phenoxy) is 1. The van der Waals surface area contributed by atoms with Crippen LogP contribution in [0.4, 0.5) is 0 Å². The average molecular weight is 370 g/mol. The van der Waals surface area contributed by atoms with Crippen molar-refractivity contribution < 1.29 is 23.9 Å². The SMILES string of the molecule is CCNC(=O)CNC(=O)COC(=O)[C@H](C)NC(=O)c1ccc(Cl)cc1. The largest absolute Gasteiger partial charge is 0.454 e. The number of amides is 3. The van der Waals surface area contributed by atoms with Crippen molar-refractivity contribution >= 4 is 35.3 Å². The molecular formula is C16H20ClN3O5. The molecular weight excluding hydrogens is 350 g/mol. The second kappa shape index (κ2) is 10.3. The first kappa shape index (κ1) is 20.4. The van der Waals surface area contributed by atoms with Gasteiger partial charge in [0, 0.05) is 17.1 Å². The molecule has 0 saturated carbocycles. The lowest BCUT2D eigenvalue weighted by atomic mass is 10.2. The molecule has 9 heteroatoms. The van der Waals surface area contributed by atoms with Gasteiger partial charge in [-0.1, -0.05) is 11.6 Å². The van der Waals surface area contributed by atoms with E-state index in [0.29, 0.717) is 17.1 Å². The van der Waals surface area contributed by atoms with Gasteiger partial charge in [-0.2, -0.15) is 0 Å². The summed E-state index contributed by atoms with van der Waals surface area (Å²) in [4.78, 5) is 46.4. The molecule has 0 aromatic heterocycles. The molecule has 0 aliphatic rings. The smallest absolute Gasteiger partial charge is 0.328 e. The number of likely N-dealkylation sites (N-methyl/N-ethyl adjacent to an activating group) is 1. The Morgan fingerprint density at radius 3 is 2.32 bits per heavy atom. The van der Waals surface area contributed by atoms with Crippen LogP contribution in [-0.4, -0.2) is 49.4 Å². The van der Waals surface area contributed by atoms with E-state index in [2.05, 4.69) is 16.0 Å². The third-order valence-electron chi connectivity index (χ3n) is 2.97. The Balaban J connectivity index is 2.36. The molecule has 3 amide bonds. The van der Waals surface area contributed by atoms with Crippen molar-refractivity contribution in [2.75, 3.05) is 19.7 Å². The number of esters is 1. The predicted octanol–water partition coefficient (Wildman–Crippen LogP) is 0.254. The predicted molar refractivity (Wildman–Crippen MR) is 91.0 cm³/mol. The van der Waals surface area contributed by atoms with Gasteiger partial charge < -0.3 is 20.7 Å². The molecule has 0 unspecified atom stereocenters. The Kier molecular flexibility index (Phi) is 8.42. The van der Waals surface area contributed by atoms with E-state index < -0.39 is 30.4 Å². The van der Waals surface area contributed by atoms with Crippen molar-refractivity contribution in [3.8, 4) is 0 Å². The fourth-order valence-electron chi connectivity index (χ4n) is 1.69. The highest BCUT2D eigenvalue weighted by atomic mass is 35.5. The van der Waals surface area contributed by atoms with Crippen LogP contribution in [-0.2, 0) is 19.1 Å². The van der Waals surface area contributed by atoms with Crippen molar-refractivity contribution in [1.82, 2.24) is 16.0 Å². The highest BCUT2D eigenvalue weighted by Crippen LogP contribution is 2.09. The summed E-state index contributed by atoms with van der Waals surface area (Å²) < 4.78 is 4.80. The van der Waals surface area contributed by atoms with Crippen LogP contribution in [0.3, 0.4) is 0 Å². The number of rotatable bonds is 8. The lowest BCUT2D eigenvalue weighted by molar-refractivity contribution is -0.150. The summed E-state index contributed by atoms with van der Waals surface area (Å²) in [6.45, 7) is 2.89. The highest BCUT2D eigenvalue weighted by molar-refractivity contribution is 6.30. The summed E-state index contributed by atoms with van der Waals surface area (Å²) >= 11 is 5.74. The lowest BCUT2D eigenvalue weighted by Gasteiger charge is -2.13. The standard InChI is InChI=1S/C16H20ClN3O5/c1-3-18-13(21)8-19-14(22)9-25-16(24)10(2)20-15(23)11-4-6-12(17)7-5-11/h4-7,10H,3,8-9H2,1-2H3,(H,18,21)(H,19,22)(H,20,23)/t10-/m0/s1. The van der Waals surface area contributed by atoms with Gasteiger partial charge in [-0.15, -0.1) is 0 Å². The lowest BCUT2D eigenvalue weighted by Crippen LogP contribution is -2.42. The first-order valence-corrected chi connectivity index (χ1v) is 7.97. The van der Waals surface area contributed by atoms with Gasteiger partial charge in [0.15, 0.2) is 6.61 Å². The number of nitrogens with one attached hydrogen (secondary N) is 3. The van der Waals surface area contributed by atoms with Gasteiger partial charge >= 0.3 is 5.97 Å².